The molecule has 3 aromatic carbocycles. The lowest BCUT2D eigenvalue weighted by atomic mass is 10.1. The van der Waals surface area contributed by atoms with Crippen LogP contribution in [0.3, 0.4) is 0 Å². The first kappa shape index (κ1) is 23.5. The van der Waals surface area contributed by atoms with Gasteiger partial charge in [0, 0.05) is 31.4 Å². The molecule has 1 fully saturated rings. The van der Waals surface area contributed by atoms with Crippen molar-refractivity contribution < 1.29 is 23.5 Å². The largest absolute Gasteiger partial charge is 0.483 e. The Labute approximate surface area is 201 Å². The predicted molar refractivity (Wildman–Crippen MR) is 131 cm³/mol. The summed E-state index contributed by atoms with van der Waals surface area (Å²) in [5.74, 6) is -1.91. The number of halogens is 1. The van der Waals surface area contributed by atoms with Crippen molar-refractivity contribution in [3.05, 3.63) is 89.8 Å². The lowest BCUT2D eigenvalue weighted by Gasteiger charge is -2.16. The molecule has 0 radical (unpaired) electrons. The molecule has 9 heteroatoms. The average Bonchev–Trinajstić information content (AvgIpc) is 3.13. The highest BCUT2D eigenvalue weighted by Crippen LogP contribution is 2.29. The van der Waals surface area contributed by atoms with E-state index in [2.05, 4.69) is 10.7 Å². The summed E-state index contributed by atoms with van der Waals surface area (Å²) in [6, 6.07) is 19.7. The fourth-order valence-corrected chi connectivity index (χ4v) is 3.41. The first-order chi connectivity index (χ1) is 16.8. The van der Waals surface area contributed by atoms with Crippen molar-refractivity contribution in [2.75, 3.05) is 35.9 Å². The molecule has 3 aromatic rings. The van der Waals surface area contributed by atoms with Crippen LogP contribution in [0.25, 0.3) is 6.08 Å². The molecular weight excluding hydrogens is 451 g/mol. The normalized spacial score (nSPS) is 14.1. The minimum absolute atomic E-state index is 0.0414. The monoisotopic (exact) mass is 474 g/mol. The van der Waals surface area contributed by atoms with Crippen LogP contribution in [0.15, 0.2) is 78.4 Å². The quantitative estimate of drug-likeness (QED) is 0.405. The van der Waals surface area contributed by atoms with Gasteiger partial charge in [0.15, 0.2) is 6.61 Å². The van der Waals surface area contributed by atoms with E-state index >= 15 is 0 Å². The molecule has 0 atom stereocenters. The van der Waals surface area contributed by atoms with Gasteiger partial charge >= 0.3 is 0 Å². The number of amides is 3. The Morgan fingerprint density at radius 3 is 2.49 bits per heavy atom. The van der Waals surface area contributed by atoms with Gasteiger partial charge in [-0.1, -0.05) is 30.3 Å². The molecule has 1 saturated heterocycles. The zero-order valence-corrected chi connectivity index (χ0v) is 19.1. The Morgan fingerprint density at radius 1 is 1.06 bits per heavy atom. The Bertz CT molecular complexity index is 1310. The second-order valence-electron chi connectivity index (χ2n) is 7.91. The number of ether oxygens (including phenoxy) is 1. The van der Waals surface area contributed by atoms with Gasteiger partial charge in [0.2, 0.25) is 0 Å². The Kier molecular flexibility index (Phi) is 6.77. The fourth-order valence-electron chi connectivity index (χ4n) is 3.41. The number of nitrogens with zero attached hydrogens (tertiary/aromatic N) is 2. The predicted octanol–water partition coefficient (Wildman–Crippen LogP) is 3.37. The van der Waals surface area contributed by atoms with Crippen LogP contribution in [0.1, 0.15) is 5.56 Å². The highest BCUT2D eigenvalue weighted by molar-refractivity contribution is 6.31. The van der Waals surface area contributed by atoms with Crippen molar-refractivity contribution in [1.29, 1.82) is 0 Å². The SMILES string of the molecule is CN(C)c1ccc(C=C2C(=O)NN(c3ccccc3)C2=O)c(OCC(=O)Nc2ccccc2F)c1. The Morgan fingerprint density at radius 2 is 1.77 bits per heavy atom. The minimum Gasteiger partial charge on any atom is -0.483 e. The zero-order chi connectivity index (χ0) is 24.9. The number of para-hydroxylation sites is 2. The third-order valence-corrected chi connectivity index (χ3v) is 5.23. The molecule has 3 amide bonds. The van der Waals surface area contributed by atoms with Crippen molar-refractivity contribution in [2.24, 2.45) is 0 Å². The van der Waals surface area contributed by atoms with Crippen molar-refractivity contribution in [3.8, 4) is 5.75 Å². The smallest absolute Gasteiger partial charge is 0.282 e. The number of carbonyl (C=O) groups excluding carboxylic acids is 3. The number of hydrogen-bond donors (Lipinski definition) is 2. The second kappa shape index (κ2) is 10.1. The number of hydrogen-bond acceptors (Lipinski definition) is 5. The number of carbonyl (C=O) groups is 3. The summed E-state index contributed by atoms with van der Waals surface area (Å²) in [4.78, 5) is 39.7. The molecule has 0 aromatic heterocycles. The van der Waals surface area contributed by atoms with Gasteiger partial charge in [-0.05, 0) is 42.5 Å². The van der Waals surface area contributed by atoms with E-state index in [4.69, 9.17) is 4.74 Å². The van der Waals surface area contributed by atoms with Gasteiger partial charge < -0.3 is 15.0 Å². The summed E-state index contributed by atoms with van der Waals surface area (Å²) >= 11 is 0. The number of anilines is 3. The molecule has 1 heterocycles. The van der Waals surface area contributed by atoms with E-state index in [0.29, 0.717) is 11.3 Å². The van der Waals surface area contributed by atoms with E-state index in [1.165, 1.54) is 29.3 Å². The van der Waals surface area contributed by atoms with Crippen LogP contribution in [0.4, 0.5) is 21.5 Å². The molecular formula is C26H23FN4O4. The summed E-state index contributed by atoms with van der Waals surface area (Å²) in [5.41, 5.74) is 4.26. The van der Waals surface area contributed by atoms with Crippen LogP contribution in [0, 0.1) is 5.82 Å². The highest BCUT2D eigenvalue weighted by atomic mass is 19.1. The maximum Gasteiger partial charge on any atom is 0.282 e. The maximum atomic E-state index is 13.8. The first-order valence-corrected chi connectivity index (χ1v) is 10.7. The number of benzene rings is 3. The van der Waals surface area contributed by atoms with Gasteiger partial charge in [-0.2, -0.15) is 0 Å². The van der Waals surface area contributed by atoms with Gasteiger partial charge in [0.1, 0.15) is 17.1 Å². The minimum atomic E-state index is -0.561. The molecule has 0 saturated carbocycles. The molecule has 0 bridgehead atoms. The summed E-state index contributed by atoms with van der Waals surface area (Å²) < 4.78 is 19.6. The highest BCUT2D eigenvalue weighted by Gasteiger charge is 2.34. The molecule has 4 rings (SSSR count). The van der Waals surface area contributed by atoms with E-state index in [0.717, 1.165) is 5.69 Å². The Hall–Kier alpha value is -4.66. The lowest BCUT2D eigenvalue weighted by molar-refractivity contribution is -0.118. The van der Waals surface area contributed by atoms with E-state index < -0.39 is 30.1 Å². The van der Waals surface area contributed by atoms with Gasteiger partial charge in [-0.3, -0.25) is 19.8 Å². The summed E-state index contributed by atoms with van der Waals surface area (Å²) in [6.07, 6.45) is 1.42. The second-order valence-corrected chi connectivity index (χ2v) is 7.91. The molecule has 178 valence electrons. The average molecular weight is 474 g/mol. The van der Waals surface area contributed by atoms with Gasteiger partial charge in [-0.15, -0.1) is 0 Å². The van der Waals surface area contributed by atoms with E-state index in [9.17, 15) is 18.8 Å². The van der Waals surface area contributed by atoms with Gasteiger partial charge in [-0.25, -0.2) is 9.40 Å². The molecule has 0 spiro atoms. The van der Waals surface area contributed by atoms with E-state index in [1.807, 2.05) is 19.0 Å². The van der Waals surface area contributed by atoms with Crippen molar-refractivity contribution >= 4 is 40.9 Å². The van der Waals surface area contributed by atoms with Crippen LogP contribution in [0.5, 0.6) is 5.75 Å². The summed E-state index contributed by atoms with van der Waals surface area (Å²) in [6.45, 7) is -0.405. The van der Waals surface area contributed by atoms with E-state index in [-0.39, 0.29) is 17.0 Å². The molecule has 8 nitrogen and oxygen atoms in total. The standard InChI is InChI=1S/C26H23FN4O4/c1-30(2)19-13-12-17(14-20-25(33)29-31(26(20)34)18-8-4-3-5-9-18)23(15-19)35-16-24(32)28-22-11-7-6-10-21(22)27/h3-15H,16H2,1-2H3,(H,28,32)(H,29,33). The van der Waals surface area contributed by atoms with Crippen molar-refractivity contribution in [1.82, 2.24) is 5.43 Å². The topological polar surface area (TPSA) is 91.0 Å². The third kappa shape index (κ3) is 5.30. The molecule has 0 unspecified atom stereocenters. The summed E-state index contributed by atoms with van der Waals surface area (Å²) in [7, 11) is 3.68. The number of nitrogens with one attached hydrogen (secondary N) is 2. The first-order valence-electron chi connectivity index (χ1n) is 10.7. The van der Waals surface area contributed by atoms with Crippen LogP contribution in [-0.2, 0) is 14.4 Å². The van der Waals surface area contributed by atoms with Crippen LogP contribution in [0.2, 0.25) is 0 Å². The van der Waals surface area contributed by atoms with E-state index in [1.54, 1.807) is 54.6 Å². The molecule has 2 N–H and O–H groups in total. The number of rotatable bonds is 7. The van der Waals surface area contributed by atoms with Crippen LogP contribution >= 0.6 is 0 Å². The van der Waals surface area contributed by atoms with Crippen molar-refractivity contribution in [2.45, 2.75) is 0 Å². The maximum absolute atomic E-state index is 13.8. The number of hydrazine groups is 1. The molecule has 1 aliphatic rings. The van der Waals surface area contributed by atoms with Gasteiger partial charge in [0.25, 0.3) is 17.7 Å². The zero-order valence-electron chi connectivity index (χ0n) is 19.1. The third-order valence-electron chi connectivity index (χ3n) is 5.23. The molecule has 1 aliphatic heterocycles. The molecule has 35 heavy (non-hydrogen) atoms. The van der Waals surface area contributed by atoms with Crippen molar-refractivity contribution in [3.63, 3.8) is 0 Å². The fraction of sp³-hybridized carbons (Fsp3) is 0.115. The lowest BCUT2D eigenvalue weighted by Crippen LogP contribution is -2.35. The Balaban J connectivity index is 1.58. The molecule has 0 aliphatic carbocycles. The van der Waals surface area contributed by atoms with Gasteiger partial charge in [0.05, 0.1) is 11.4 Å². The summed E-state index contributed by atoms with van der Waals surface area (Å²) in [5, 5.41) is 3.63. The van der Waals surface area contributed by atoms with Crippen LogP contribution in [-0.4, -0.2) is 38.4 Å². The van der Waals surface area contributed by atoms with Crippen LogP contribution < -0.4 is 25.4 Å².